The number of Topliss-reactive ketones (excluding diaryl/α,β-unsaturated/α-hetero) is 2. The predicted octanol–water partition coefficient (Wildman–Crippen LogP) is 4.00. The average molecular weight is 434 g/mol. The van der Waals surface area contributed by atoms with Crippen LogP contribution in [0.1, 0.15) is 26.3 Å². The summed E-state index contributed by atoms with van der Waals surface area (Å²) in [6.07, 6.45) is 0. The summed E-state index contributed by atoms with van der Waals surface area (Å²) in [5.41, 5.74) is 1.91. The second-order valence-electron chi connectivity index (χ2n) is 7.81. The maximum Gasteiger partial charge on any atom is 0.243 e. The number of hydrogen-bond donors (Lipinski definition) is 0. The number of hydrogen-bond acceptors (Lipinski definition) is 4. The van der Waals surface area contributed by atoms with Gasteiger partial charge in [-0.15, -0.1) is 0 Å². The minimum atomic E-state index is -3.82. The zero-order chi connectivity index (χ0) is 22.0. The normalized spacial score (nSPS) is 19.3. The van der Waals surface area contributed by atoms with Crippen LogP contribution in [0.15, 0.2) is 89.8 Å². The average Bonchev–Trinajstić information content (AvgIpc) is 3.26. The molecule has 0 amide bonds. The zero-order valence-corrected chi connectivity index (χ0v) is 18.0. The molecule has 0 radical (unpaired) electrons. The van der Waals surface area contributed by atoms with E-state index in [1.807, 2.05) is 19.1 Å². The molecule has 0 aliphatic carbocycles. The zero-order valence-electron chi connectivity index (χ0n) is 17.1. The van der Waals surface area contributed by atoms with Crippen molar-refractivity contribution >= 4 is 21.6 Å². The lowest BCUT2D eigenvalue weighted by Gasteiger charge is -2.16. The third-order valence-corrected chi connectivity index (χ3v) is 7.58. The van der Waals surface area contributed by atoms with Gasteiger partial charge < -0.3 is 0 Å². The Labute approximate surface area is 182 Å². The first kappa shape index (κ1) is 21.2. The quantitative estimate of drug-likeness (QED) is 0.551. The van der Waals surface area contributed by atoms with Crippen LogP contribution in [0.25, 0.3) is 0 Å². The summed E-state index contributed by atoms with van der Waals surface area (Å²) in [4.78, 5) is 26.7. The predicted molar refractivity (Wildman–Crippen MR) is 118 cm³/mol. The summed E-state index contributed by atoms with van der Waals surface area (Å²) in [7, 11) is -3.82. The standard InChI is InChI=1S/C25H23NO4S/c1-18-12-14-21(15-13-18)31(29,30)26-16-22(24(27)19-8-4-2-5-9-19)23(17-26)25(28)20-10-6-3-7-11-20/h2-15,22-23H,16-17H2,1H3/t22-,23-/m0/s1. The van der Waals surface area contributed by atoms with Crippen LogP contribution in [-0.2, 0) is 10.0 Å². The highest BCUT2D eigenvalue weighted by atomic mass is 32.2. The van der Waals surface area contributed by atoms with Crippen molar-refractivity contribution in [3.63, 3.8) is 0 Å². The summed E-state index contributed by atoms with van der Waals surface area (Å²) in [5.74, 6) is -1.90. The van der Waals surface area contributed by atoms with Gasteiger partial charge in [0.2, 0.25) is 10.0 Å². The first-order chi connectivity index (χ1) is 14.9. The van der Waals surface area contributed by atoms with Crippen molar-refractivity contribution in [2.24, 2.45) is 11.8 Å². The third kappa shape index (κ3) is 4.22. The number of aryl methyl sites for hydroxylation is 1. The van der Waals surface area contributed by atoms with Gasteiger partial charge >= 0.3 is 0 Å². The van der Waals surface area contributed by atoms with Crippen LogP contribution in [0.4, 0.5) is 0 Å². The van der Waals surface area contributed by atoms with E-state index in [1.54, 1.807) is 72.8 Å². The largest absolute Gasteiger partial charge is 0.294 e. The molecule has 158 valence electrons. The van der Waals surface area contributed by atoms with Gasteiger partial charge in [-0.2, -0.15) is 4.31 Å². The smallest absolute Gasteiger partial charge is 0.243 e. The fourth-order valence-corrected chi connectivity index (χ4v) is 5.48. The monoisotopic (exact) mass is 433 g/mol. The van der Waals surface area contributed by atoms with Gasteiger partial charge in [-0.3, -0.25) is 9.59 Å². The minimum absolute atomic E-state index is 0.0207. The Bertz CT molecular complexity index is 1130. The topological polar surface area (TPSA) is 71.5 Å². The number of nitrogens with zero attached hydrogens (tertiary/aromatic N) is 1. The molecule has 0 N–H and O–H groups in total. The molecule has 0 aromatic heterocycles. The summed E-state index contributed by atoms with van der Waals surface area (Å²) in [6, 6.07) is 24.1. The highest BCUT2D eigenvalue weighted by molar-refractivity contribution is 7.89. The summed E-state index contributed by atoms with van der Waals surface area (Å²) in [6.45, 7) is 1.84. The Morgan fingerprint density at radius 3 is 1.55 bits per heavy atom. The number of benzene rings is 3. The maximum atomic E-state index is 13.3. The van der Waals surface area contributed by atoms with Crippen LogP contribution in [0, 0.1) is 18.8 Å². The van der Waals surface area contributed by atoms with Gasteiger partial charge in [0.1, 0.15) is 0 Å². The van der Waals surface area contributed by atoms with Gasteiger partial charge in [0.15, 0.2) is 11.6 Å². The van der Waals surface area contributed by atoms with Gasteiger partial charge in [-0.25, -0.2) is 8.42 Å². The van der Waals surface area contributed by atoms with Crippen molar-refractivity contribution in [3.05, 3.63) is 102 Å². The molecule has 0 bridgehead atoms. The number of ketones is 2. The van der Waals surface area contributed by atoms with Crippen LogP contribution in [-0.4, -0.2) is 37.4 Å². The fraction of sp³-hybridized carbons (Fsp3) is 0.200. The molecule has 0 saturated carbocycles. The summed E-state index contributed by atoms with van der Waals surface area (Å²) in [5, 5.41) is 0. The molecule has 3 aromatic rings. The molecule has 5 nitrogen and oxygen atoms in total. The molecule has 1 heterocycles. The van der Waals surface area contributed by atoms with E-state index in [-0.39, 0.29) is 29.6 Å². The molecule has 1 fully saturated rings. The summed E-state index contributed by atoms with van der Waals surface area (Å²) >= 11 is 0. The second-order valence-corrected chi connectivity index (χ2v) is 9.75. The van der Waals surface area contributed by atoms with Crippen molar-refractivity contribution < 1.29 is 18.0 Å². The van der Waals surface area contributed by atoms with Crippen LogP contribution in [0.3, 0.4) is 0 Å². The van der Waals surface area contributed by atoms with Gasteiger partial charge in [-0.1, -0.05) is 78.4 Å². The van der Waals surface area contributed by atoms with E-state index in [0.717, 1.165) is 5.56 Å². The Hall–Kier alpha value is -3.09. The maximum absolute atomic E-state index is 13.3. The molecule has 6 heteroatoms. The van der Waals surface area contributed by atoms with Crippen molar-refractivity contribution in [1.29, 1.82) is 0 Å². The fourth-order valence-electron chi connectivity index (χ4n) is 3.99. The first-order valence-corrected chi connectivity index (χ1v) is 11.6. The SMILES string of the molecule is Cc1ccc(S(=O)(=O)N2C[C@H](C(=O)c3ccccc3)[C@@H](C(=O)c3ccccc3)C2)cc1. The van der Waals surface area contributed by atoms with E-state index in [2.05, 4.69) is 0 Å². The molecule has 4 rings (SSSR count). The van der Waals surface area contributed by atoms with Crippen molar-refractivity contribution in [2.45, 2.75) is 11.8 Å². The van der Waals surface area contributed by atoms with Gasteiger partial charge in [0.05, 0.1) is 4.90 Å². The summed E-state index contributed by atoms with van der Waals surface area (Å²) < 4.78 is 27.8. The van der Waals surface area contributed by atoms with Crippen LogP contribution < -0.4 is 0 Å². The van der Waals surface area contributed by atoms with Gasteiger partial charge in [0, 0.05) is 36.1 Å². The van der Waals surface area contributed by atoms with Gasteiger partial charge in [0.25, 0.3) is 0 Å². The molecule has 1 saturated heterocycles. The molecule has 0 spiro atoms. The van der Waals surface area contributed by atoms with E-state index < -0.39 is 21.9 Å². The number of carbonyl (C=O) groups is 2. The van der Waals surface area contributed by atoms with E-state index >= 15 is 0 Å². The van der Waals surface area contributed by atoms with Crippen molar-refractivity contribution in [3.8, 4) is 0 Å². The number of sulfonamides is 1. The molecule has 1 aliphatic heterocycles. The Morgan fingerprint density at radius 2 is 1.13 bits per heavy atom. The van der Waals surface area contributed by atoms with E-state index in [1.165, 1.54) is 4.31 Å². The molecule has 0 unspecified atom stereocenters. The molecular weight excluding hydrogens is 410 g/mol. The van der Waals surface area contributed by atoms with Gasteiger partial charge in [-0.05, 0) is 19.1 Å². The molecule has 2 atom stereocenters. The molecular formula is C25H23NO4S. The van der Waals surface area contributed by atoms with E-state index in [0.29, 0.717) is 11.1 Å². The second kappa shape index (κ2) is 8.57. The lowest BCUT2D eigenvalue weighted by Crippen LogP contribution is -2.30. The van der Waals surface area contributed by atoms with Crippen LogP contribution in [0.2, 0.25) is 0 Å². The minimum Gasteiger partial charge on any atom is -0.294 e. The van der Waals surface area contributed by atoms with Crippen LogP contribution in [0.5, 0.6) is 0 Å². The van der Waals surface area contributed by atoms with Crippen molar-refractivity contribution in [2.75, 3.05) is 13.1 Å². The van der Waals surface area contributed by atoms with Crippen LogP contribution >= 0.6 is 0 Å². The van der Waals surface area contributed by atoms with E-state index in [4.69, 9.17) is 0 Å². The third-order valence-electron chi connectivity index (χ3n) is 5.74. The van der Waals surface area contributed by atoms with E-state index in [9.17, 15) is 18.0 Å². The molecule has 31 heavy (non-hydrogen) atoms. The Balaban J connectivity index is 1.70. The number of rotatable bonds is 6. The lowest BCUT2D eigenvalue weighted by atomic mass is 9.83. The highest BCUT2D eigenvalue weighted by Gasteiger charge is 2.46. The highest BCUT2D eigenvalue weighted by Crippen LogP contribution is 2.33. The first-order valence-electron chi connectivity index (χ1n) is 10.1. The Kier molecular flexibility index (Phi) is 5.85. The molecule has 1 aliphatic rings. The Morgan fingerprint density at radius 1 is 0.710 bits per heavy atom. The molecule has 3 aromatic carbocycles. The number of carbonyl (C=O) groups excluding carboxylic acids is 2. The van der Waals surface area contributed by atoms with Crippen molar-refractivity contribution in [1.82, 2.24) is 4.31 Å². The lowest BCUT2D eigenvalue weighted by molar-refractivity contribution is 0.0809.